The summed E-state index contributed by atoms with van der Waals surface area (Å²) in [7, 11) is 0. The Morgan fingerprint density at radius 1 is 0.322 bits per heavy atom. The smallest absolute Gasteiger partial charge is 0.220 e. The summed E-state index contributed by atoms with van der Waals surface area (Å²) in [5.74, 6) is -2.85. The van der Waals surface area contributed by atoms with Gasteiger partial charge in [-0.2, -0.15) is 0 Å². The summed E-state index contributed by atoms with van der Waals surface area (Å²) in [6.07, 6.45) is -11.6. The maximum Gasteiger partial charge on any atom is 0.220 e. The normalized spacial score (nSPS) is 35.3. The Kier molecular flexibility index (Phi) is 51.0. The molecule has 0 spiro atoms. The van der Waals surface area contributed by atoms with Crippen molar-refractivity contribution >= 4 is 23.6 Å². The molecule has 6 saturated heterocycles. The quantitative estimate of drug-likeness (QED) is 0.0283. The Bertz CT molecular complexity index is 2830. The molecule has 0 aliphatic carbocycles. The van der Waals surface area contributed by atoms with Gasteiger partial charge in [-0.15, -0.1) is 0 Å². The fraction of sp³-hybridized carbons (Fsp3) is 0.929. The number of amides is 4. The highest BCUT2D eigenvalue weighted by Gasteiger charge is 2.59. The molecular weight excluding hydrogens is 1590 g/mol. The molecule has 21 N–H and O–H groups in total. The molecule has 121 heavy (non-hydrogen) atoms. The minimum Gasteiger partial charge on any atom is -0.394 e. The molecule has 6 heterocycles. The molecular formula is C84H152N4O33. The number of carbonyl (C=O) groups excluding carboxylic acids is 4. The predicted octanol–water partition coefficient (Wildman–Crippen LogP) is 0.0604. The van der Waals surface area contributed by atoms with E-state index < -0.39 is 260 Å². The van der Waals surface area contributed by atoms with Gasteiger partial charge in [0.2, 0.25) is 23.6 Å². The molecule has 6 aliphatic rings. The van der Waals surface area contributed by atoms with E-state index in [-0.39, 0.29) is 12.3 Å². The standard InChI is InChI=1S/C84H152N4O33/c1-6-8-10-12-14-16-18-20-21-22-23-24-25-26-27-29-31-33-35-37-39-41-60(99)88-52(53(98)40-38-36-34-32-30-28-19-17-15-13-11-9-7-2)48-110-82-71(107)69(105)74(57(45-92)114-82)117-83-72(108)70(106)75(58(46-93)115-83)118-84-73(109)78(76(59(47-94)116-84)119-79-61(85-49(3)95)67(103)64(100)54(42-89)111-79)121-81-63(87-51(5)97)77(66(102)56(44-91)113-81)120-80-62(86-50(4)96)68(104)65(101)55(43-90)112-80/h38,40,52-59,61-84,89-94,98,100-109H,6-37,39,41-48H2,1-5H3,(H,85,95)(H,86,96)(H,87,97)(H,88,99)/b40-38+/t52-,53+,54?,55?,56?,57?,58?,59?,61?,62?,63?,64-,65-,66-,67+,68+,69+,70+,71?,72?,73?,74+,75-,76-,77+,78+,79-,80+,81-,82+,83-,84-/m0/s1. The van der Waals surface area contributed by atoms with Gasteiger partial charge in [0.15, 0.2) is 37.7 Å². The van der Waals surface area contributed by atoms with Crippen LogP contribution in [-0.4, -0.2) is 353 Å². The zero-order chi connectivity index (χ0) is 88.5. The fourth-order valence-electron chi connectivity index (χ4n) is 16.6. The van der Waals surface area contributed by atoms with E-state index in [0.717, 1.165) is 72.1 Å². The summed E-state index contributed by atoms with van der Waals surface area (Å²) >= 11 is 0. The Morgan fingerprint density at radius 3 is 1.02 bits per heavy atom. The van der Waals surface area contributed by atoms with Crippen LogP contribution in [0.4, 0.5) is 0 Å². The number of unbranched alkanes of at least 4 members (excludes halogenated alkanes) is 31. The molecule has 0 bridgehead atoms. The molecule has 4 amide bonds. The van der Waals surface area contributed by atoms with Crippen LogP contribution >= 0.6 is 0 Å². The van der Waals surface area contributed by atoms with Crippen molar-refractivity contribution in [3.8, 4) is 0 Å². The lowest BCUT2D eigenvalue weighted by molar-refractivity contribution is -0.398. The van der Waals surface area contributed by atoms with Crippen LogP contribution in [0.5, 0.6) is 0 Å². The Labute approximate surface area is 712 Å². The van der Waals surface area contributed by atoms with Crippen molar-refractivity contribution < 1.29 is 163 Å². The second-order valence-corrected chi connectivity index (χ2v) is 33.5. The number of aliphatic hydroxyl groups is 17. The molecule has 37 nitrogen and oxygen atoms in total. The van der Waals surface area contributed by atoms with Crippen LogP contribution in [0.3, 0.4) is 0 Å². The lowest BCUT2D eigenvalue weighted by Crippen LogP contribution is -2.72. The lowest BCUT2D eigenvalue weighted by Gasteiger charge is -2.52. The molecule has 0 radical (unpaired) electrons. The molecule has 6 rings (SSSR count). The molecule has 37 heteroatoms. The number of ether oxygens (including phenoxy) is 12. The summed E-state index contributed by atoms with van der Waals surface area (Å²) in [5.41, 5.74) is 0. The average molecular weight is 1750 g/mol. The summed E-state index contributed by atoms with van der Waals surface area (Å²) < 4.78 is 72.8. The molecule has 32 atom stereocenters. The third kappa shape index (κ3) is 34.1. The maximum absolute atomic E-state index is 13.6. The van der Waals surface area contributed by atoms with E-state index in [1.165, 1.54) is 148 Å². The minimum absolute atomic E-state index is 0.168. The number of nitrogens with one attached hydrogen (secondary N) is 4. The van der Waals surface area contributed by atoms with Crippen LogP contribution in [0.1, 0.15) is 253 Å². The summed E-state index contributed by atoms with van der Waals surface area (Å²) in [6.45, 7) is 0.895. The van der Waals surface area contributed by atoms with Crippen molar-refractivity contribution in [1.29, 1.82) is 0 Å². The predicted molar refractivity (Wildman–Crippen MR) is 433 cm³/mol. The first-order valence-corrected chi connectivity index (χ1v) is 45.0. The van der Waals surface area contributed by atoms with Gasteiger partial charge >= 0.3 is 0 Å². The second kappa shape index (κ2) is 58.1. The van der Waals surface area contributed by atoms with Crippen LogP contribution in [-0.2, 0) is 76.0 Å². The molecule has 0 saturated carbocycles. The van der Waals surface area contributed by atoms with E-state index in [2.05, 4.69) is 35.1 Å². The molecule has 6 fully saturated rings. The average Bonchev–Trinajstić information content (AvgIpc) is 0.758. The van der Waals surface area contributed by atoms with Gasteiger partial charge in [0.25, 0.3) is 0 Å². The Morgan fingerprint density at radius 2 is 0.628 bits per heavy atom. The molecule has 6 aliphatic heterocycles. The van der Waals surface area contributed by atoms with Crippen molar-refractivity contribution in [2.45, 2.75) is 449 Å². The first-order chi connectivity index (χ1) is 58.2. The molecule has 0 aromatic heterocycles. The Balaban J connectivity index is 1.13. The van der Waals surface area contributed by atoms with Crippen molar-refractivity contribution in [2.24, 2.45) is 0 Å². The third-order valence-electron chi connectivity index (χ3n) is 23.6. The van der Waals surface area contributed by atoms with Crippen LogP contribution in [0.2, 0.25) is 0 Å². The number of allylic oxidation sites excluding steroid dienone is 1. The van der Waals surface area contributed by atoms with Gasteiger partial charge in [-0.1, -0.05) is 219 Å². The number of aliphatic hydroxyl groups excluding tert-OH is 17. The molecule has 12 unspecified atom stereocenters. The van der Waals surface area contributed by atoms with Gasteiger partial charge in [-0.05, 0) is 19.3 Å². The molecule has 706 valence electrons. The fourth-order valence-corrected chi connectivity index (χ4v) is 16.6. The van der Waals surface area contributed by atoms with E-state index in [4.69, 9.17) is 56.8 Å². The first-order valence-electron chi connectivity index (χ1n) is 45.0. The van der Waals surface area contributed by atoms with Gasteiger partial charge in [0.1, 0.15) is 146 Å². The van der Waals surface area contributed by atoms with Crippen molar-refractivity contribution in [3.05, 3.63) is 12.2 Å². The third-order valence-corrected chi connectivity index (χ3v) is 23.6. The summed E-state index contributed by atoms with van der Waals surface area (Å²) in [6, 6.07) is -6.35. The summed E-state index contributed by atoms with van der Waals surface area (Å²) in [4.78, 5) is 52.0. The van der Waals surface area contributed by atoms with E-state index in [1.54, 1.807) is 6.08 Å². The van der Waals surface area contributed by atoms with E-state index in [1.807, 2.05) is 6.08 Å². The van der Waals surface area contributed by atoms with E-state index in [9.17, 15) is 106 Å². The van der Waals surface area contributed by atoms with Gasteiger partial charge in [-0.25, -0.2) is 0 Å². The topological polar surface area (TPSA) is 571 Å². The second-order valence-electron chi connectivity index (χ2n) is 33.5. The van der Waals surface area contributed by atoms with Crippen molar-refractivity contribution in [1.82, 2.24) is 21.3 Å². The van der Waals surface area contributed by atoms with Gasteiger partial charge in [-0.3, -0.25) is 19.2 Å². The highest BCUT2D eigenvalue weighted by molar-refractivity contribution is 5.76. The largest absolute Gasteiger partial charge is 0.394 e. The van der Waals surface area contributed by atoms with Crippen molar-refractivity contribution in [3.63, 3.8) is 0 Å². The number of rotatable bonds is 59. The minimum atomic E-state index is -2.40. The summed E-state index contributed by atoms with van der Waals surface area (Å²) in [5, 5.41) is 202. The van der Waals surface area contributed by atoms with Crippen LogP contribution in [0.25, 0.3) is 0 Å². The van der Waals surface area contributed by atoms with Gasteiger partial charge in [0, 0.05) is 27.2 Å². The van der Waals surface area contributed by atoms with Crippen LogP contribution in [0.15, 0.2) is 12.2 Å². The molecule has 0 aromatic rings. The highest BCUT2D eigenvalue weighted by atomic mass is 16.8. The lowest BCUT2D eigenvalue weighted by atomic mass is 9.93. The number of hydrogen-bond acceptors (Lipinski definition) is 33. The van der Waals surface area contributed by atoms with E-state index >= 15 is 0 Å². The van der Waals surface area contributed by atoms with Gasteiger partial charge < -0.3 is 165 Å². The highest BCUT2D eigenvalue weighted by Crippen LogP contribution is 2.39. The maximum atomic E-state index is 13.6. The number of hydrogen-bond donors (Lipinski definition) is 21. The van der Waals surface area contributed by atoms with Crippen molar-refractivity contribution in [2.75, 3.05) is 46.2 Å². The van der Waals surface area contributed by atoms with E-state index in [0.29, 0.717) is 12.8 Å². The monoisotopic (exact) mass is 1750 g/mol. The SMILES string of the molecule is CCCCCCCCCCCCC/C=C/[C@@H](O)[C@H](CO[C@@H]1OC(CO)[C@@H](O[C@@H]2OC(CO)[C@H](O[C@@H]3OC(CO)[C@H](O[C@@H]4OC(CO)[C@H](O)[C@H](O)C4NC(C)=O)[C@H](O[C@@H]4OC(CO)[C@H](O)[C@H](O[C@H]5OC(CO)[C@H](O)[C@H](O)C5NC(C)=O)C4NC(C)=O)C3O)[C@H](O)C2O)[C@H](O)C1O)NC(=O)CCCCCCCCCCCCCCCCCCCCCCC. The van der Waals surface area contributed by atoms with Gasteiger partial charge in [0.05, 0.1) is 58.4 Å². The van der Waals surface area contributed by atoms with Crippen LogP contribution < -0.4 is 21.3 Å². The molecule has 0 aromatic carbocycles. The zero-order valence-corrected chi connectivity index (χ0v) is 71.8. The van der Waals surface area contributed by atoms with Crippen LogP contribution in [0, 0.1) is 0 Å². The first kappa shape index (κ1) is 106. The zero-order valence-electron chi connectivity index (χ0n) is 71.8. The number of carbonyl (C=O) groups is 4. The Hall–Kier alpha value is -3.54.